The molecule has 0 saturated carbocycles. The van der Waals surface area contributed by atoms with Crippen LogP contribution in [0, 0.1) is 0 Å². The van der Waals surface area contributed by atoms with E-state index in [9.17, 15) is 9.59 Å². The number of amides is 1. The molecule has 0 radical (unpaired) electrons. The predicted octanol–water partition coefficient (Wildman–Crippen LogP) is 2.65. The van der Waals surface area contributed by atoms with Crippen molar-refractivity contribution in [2.45, 2.75) is 11.2 Å². The predicted molar refractivity (Wildman–Crippen MR) is 70.8 cm³/mol. The van der Waals surface area contributed by atoms with Crippen molar-refractivity contribution in [2.24, 2.45) is 0 Å². The Labute approximate surface area is 115 Å². The summed E-state index contributed by atoms with van der Waals surface area (Å²) in [5.74, 6) is -1.09. The lowest BCUT2D eigenvalue weighted by Crippen LogP contribution is -2.26. The number of halogens is 2. The number of rotatable bonds is 2. The van der Waals surface area contributed by atoms with E-state index >= 15 is 0 Å². The molecule has 1 aromatic rings. The van der Waals surface area contributed by atoms with Crippen LogP contribution in [0.3, 0.4) is 0 Å². The zero-order valence-corrected chi connectivity index (χ0v) is 11.9. The van der Waals surface area contributed by atoms with E-state index < -0.39 is 5.97 Å². The second-order valence-electron chi connectivity index (χ2n) is 3.77. The molecule has 1 unspecified atom stereocenters. The molecule has 1 heterocycles. The molecule has 17 heavy (non-hydrogen) atoms. The first-order chi connectivity index (χ1) is 7.99. The van der Waals surface area contributed by atoms with Gasteiger partial charge in [-0.05, 0) is 18.2 Å². The number of carbonyl (C=O) groups excluding carboxylic acids is 1. The molecule has 0 spiro atoms. The van der Waals surface area contributed by atoms with E-state index in [2.05, 4.69) is 31.9 Å². The van der Waals surface area contributed by atoms with Gasteiger partial charge in [0.2, 0.25) is 5.91 Å². The standard InChI is InChI=1S/C11H9Br2NO3/c12-6-1-2-9(8(3-6)11(16)17)14-5-7(13)4-10(14)15/h1-3,7H,4-5H2,(H,16,17). The van der Waals surface area contributed by atoms with Gasteiger partial charge in [-0.1, -0.05) is 31.9 Å². The summed E-state index contributed by atoms with van der Waals surface area (Å²) in [4.78, 5) is 24.5. The number of alkyl halides is 1. The Morgan fingerprint density at radius 1 is 1.47 bits per heavy atom. The summed E-state index contributed by atoms with van der Waals surface area (Å²) in [5, 5.41) is 9.13. The molecule has 0 aromatic heterocycles. The third kappa shape index (κ3) is 2.52. The quantitative estimate of drug-likeness (QED) is 0.823. The third-order valence-corrected chi connectivity index (χ3v) is 3.66. The molecule has 90 valence electrons. The van der Waals surface area contributed by atoms with Crippen molar-refractivity contribution >= 4 is 49.4 Å². The van der Waals surface area contributed by atoms with Gasteiger partial charge in [0.05, 0.1) is 11.3 Å². The lowest BCUT2D eigenvalue weighted by Gasteiger charge is -2.18. The number of benzene rings is 1. The third-order valence-electron chi connectivity index (χ3n) is 2.56. The summed E-state index contributed by atoms with van der Waals surface area (Å²) in [6.45, 7) is 0.501. The van der Waals surface area contributed by atoms with E-state index in [0.717, 1.165) is 0 Å². The number of hydrogen-bond donors (Lipinski definition) is 1. The Hall–Kier alpha value is -0.880. The average molecular weight is 363 g/mol. The minimum absolute atomic E-state index is 0.0586. The molecule has 1 N–H and O–H groups in total. The maximum absolute atomic E-state index is 11.7. The first kappa shape index (κ1) is 12.6. The van der Waals surface area contributed by atoms with E-state index in [4.69, 9.17) is 5.11 Å². The van der Waals surface area contributed by atoms with Gasteiger partial charge in [-0.15, -0.1) is 0 Å². The second kappa shape index (κ2) is 4.78. The summed E-state index contributed by atoms with van der Waals surface area (Å²) >= 11 is 6.60. The van der Waals surface area contributed by atoms with Crippen molar-refractivity contribution in [3.63, 3.8) is 0 Å². The largest absolute Gasteiger partial charge is 0.478 e. The first-order valence-electron chi connectivity index (χ1n) is 4.96. The molecule has 0 aliphatic carbocycles. The van der Waals surface area contributed by atoms with Crippen LogP contribution in [-0.2, 0) is 4.79 Å². The molecule has 1 amide bonds. The van der Waals surface area contributed by atoms with Gasteiger partial charge in [0.25, 0.3) is 0 Å². The minimum atomic E-state index is -1.04. The highest BCUT2D eigenvalue weighted by Crippen LogP contribution is 2.30. The van der Waals surface area contributed by atoms with Crippen LogP contribution in [0.5, 0.6) is 0 Å². The summed E-state index contributed by atoms with van der Waals surface area (Å²) in [6.07, 6.45) is 0.398. The van der Waals surface area contributed by atoms with Gasteiger partial charge in [0.1, 0.15) is 0 Å². The fourth-order valence-electron chi connectivity index (χ4n) is 1.81. The second-order valence-corrected chi connectivity index (χ2v) is 5.98. The van der Waals surface area contributed by atoms with Gasteiger partial charge < -0.3 is 10.0 Å². The zero-order valence-electron chi connectivity index (χ0n) is 8.69. The van der Waals surface area contributed by atoms with Crippen molar-refractivity contribution in [1.82, 2.24) is 0 Å². The highest BCUT2D eigenvalue weighted by Gasteiger charge is 2.31. The highest BCUT2D eigenvalue weighted by atomic mass is 79.9. The average Bonchev–Trinajstić information content (AvgIpc) is 2.57. The van der Waals surface area contributed by atoms with Crippen molar-refractivity contribution in [2.75, 3.05) is 11.4 Å². The van der Waals surface area contributed by atoms with Crippen molar-refractivity contribution < 1.29 is 14.7 Å². The van der Waals surface area contributed by atoms with Gasteiger partial charge in [0, 0.05) is 22.3 Å². The van der Waals surface area contributed by atoms with E-state index in [1.54, 1.807) is 12.1 Å². The van der Waals surface area contributed by atoms with Gasteiger partial charge in [-0.2, -0.15) is 0 Å². The smallest absolute Gasteiger partial charge is 0.337 e. The number of nitrogens with zero attached hydrogens (tertiary/aromatic N) is 1. The Morgan fingerprint density at radius 3 is 2.71 bits per heavy atom. The van der Waals surface area contributed by atoms with Crippen molar-refractivity contribution in [3.8, 4) is 0 Å². The molecule has 1 aliphatic heterocycles. The van der Waals surface area contributed by atoms with Crippen LogP contribution in [-0.4, -0.2) is 28.4 Å². The summed E-state index contributed by atoms with van der Waals surface area (Å²) in [5.41, 5.74) is 0.585. The SMILES string of the molecule is O=C(O)c1cc(Br)ccc1N1CC(Br)CC1=O. The van der Waals surface area contributed by atoms with Crippen LogP contribution >= 0.6 is 31.9 Å². The van der Waals surface area contributed by atoms with Crippen LogP contribution in [0.2, 0.25) is 0 Å². The highest BCUT2D eigenvalue weighted by molar-refractivity contribution is 9.10. The molecule has 1 aliphatic rings. The molecule has 2 rings (SSSR count). The fraction of sp³-hybridized carbons (Fsp3) is 0.273. The lowest BCUT2D eigenvalue weighted by atomic mass is 10.1. The van der Waals surface area contributed by atoms with E-state index in [1.807, 2.05) is 0 Å². The summed E-state index contributed by atoms with van der Waals surface area (Å²) < 4.78 is 0.681. The maximum Gasteiger partial charge on any atom is 0.337 e. The number of aromatic carboxylic acids is 1. The molecule has 6 heteroatoms. The van der Waals surface area contributed by atoms with Crippen molar-refractivity contribution in [1.29, 1.82) is 0 Å². The lowest BCUT2D eigenvalue weighted by molar-refractivity contribution is -0.117. The molecule has 4 nitrogen and oxygen atoms in total. The van der Waals surface area contributed by atoms with Crippen LogP contribution in [0.15, 0.2) is 22.7 Å². The van der Waals surface area contributed by atoms with Crippen LogP contribution in [0.4, 0.5) is 5.69 Å². The van der Waals surface area contributed by atoms with Crippen LogP contribution in [0.1, 0.15) is 16.8 Å². The molecule has 1 atom stereocenters. The molecular weight excluding hydrogens is 354 g/mol. The maximum atomic E-state index is 11.7. The van der Waals surface area contributed by atoms with E-state index in [1.165, 1.54) is 11.0 Å². The minimum Gasteiger partial charge on any atom is -0.478 e. The topological polar surface area (TPSA) is 57.6 Å². The normalized spacial score (nSPS) is 19.8. The van der Waals surface area contributed by atoms with E-state index in [-0.39, 0.29) is 16.3 Å². The Balaban J connectivity index is 2.45. The Bertz CT molecular complexity index is 490. The van der Waals surface area contributed by atoms with Gasteiger partial charge in [-0.3, -0.25) is 4.79 Å². The fourth-order valence-corrected chi connectivity index (χ4v) is 2.74. The zero-order chi connectivity index (χ0) is 12.6. The number of carbonyl (C=O) groups is 2. The van der Waals surface area contributed by atoms with Gasteiger partial charge in [-0.25, -0.2) is 4.79 Å². The number of anilines is 1. The van der Waals surface area contributed by atoms with Crippen LogP contribution < -0.4 is 4.90 Å². The first-order valence-corrected chi connectivity index (χ1v) is 6.67. The molecular formula is C11H9Br2NO3. The number of hydrogen-bond acceptors (Lipinski definition) is 2. The summed E-state index contributed by atoms with van der Waals surface area (Å²) in [7, 11) is 0. The monoisotopic (exact) mass is 361 g/mol. The molecule has 1 saturated heterocycles. The van der Waals surface area contributed by atoms with Gasteiger partial charge >= 0.3 is 5.97 Å². The molecule has 1 aromatic carbocycles. The Morgan fingerprint density at radius 2 is 2.18 bits per heavy atom. The van der Waals surface area contributed by atoms with Gasteiger partial charge in [0.15, 0.2) is 0 Å². The van der Waals surface area contributed by atoms with Crippen molar-refractivity contribution in [3.05, 3.63) is 28.2 Å². The Kier molecular flexibility index (Phi) is 3.53. The number of carboxylic acids is 1. The molecule has 0 bridgehead atoms. The molecule has 1 fully saturated rings. The summed E-state index contributed by atoms with van der Waals surface area (Å²) in [6, 6.07) is 4.89. The van der Waals surface area contributed by atoms with E-state index in [0.29, 0.717) is 23.1 Å². The number of carboxylic acid groups (broad SMARTS) is 1. The van der Waals surface area contributed by atoms with Crippen LogP contribution in [0.25, 0.3) is 0 Å².